The molecule has 0 aliphatic heterocycles. The van der Waals surface area contributed by atoms with Crippen molar-refractivity contribution in [3.8, 4) is 23.0 Å². The molecule has 0 fully saturated rings. The number of alkyl halides is 2. The Labute approximate surface area is 226 Å². The first kappa shape index (κ1) is 27.4. The number of hydrogen-bond donors (Lipinski definition) is 0. The summed E-state index contributed by atoms with van der Waals surface area (Å²) in [5.74, 6) is 1.04. The highest BCUT2D eigenvalue weighted by atomic mass is 19.3. The summed E-state index contributed by atoms with van der Waals surface area (Å²) >= 11 is 0. The number of halogens is 2. The van der Waals surface area contributed by atoms with Crippen LogP contribution in [0.15, 0.2) is 97.1 Å². The van der Waals surface area contributed by atoms with E-state index < -0.39 is 6.61 Å². The van der Waals surface area contributed by atoms with Gasteiger partial charge in [0.05, 0.1) is 14.2 Å². The van der Waals surface area contributed by atoms with Gasteiger partial charge in [-0.2, -0.15) is 8.78 Å². The van der Waals surface area contributed by atoms with E-state index in [1.807, 2.05) is 60.7 Å². The molecule has 0 aliphatic carbocycles. The van der Waals surface area contributed by atoms with Crippen LogP contribution >= 0.6 is 0 Å². The van der Waals surface area contributed by atoms with Gasteiger partial charge in [0.1, 0.15) is 18.1 Å². The molecule has 0 unspecified atom stereocenters. The molecule has 0 aliphatic rings. The third-order valence-electron chi connectivity index (χ3n) is 5.99. The second kappa shape index (κ2) is 13.2. The molecule has 4 aromatic carbocycles. The molecule has 4 rings (SSSR count). The van der Waals surface area contributed by atoms with Crippen molar-refractivity contribution in [2.75, 3.05) is 14.2 Å². The second-order valence-corrected chi connectivity index (χ2v) is 8.57. The maximum atomic E-state index is 12.7. The zero-order chi connectivity index (χ0) is 27.6. The molecule has 0 aromatic heterocycles. The maximum Gasteiger partial charge on any atom is 0.387 e. The molecule has 0 saturated heterocycles. The lowest BCUT2D eigenvalue weighted by atomic mass is 10.0. The average Bonchev–Trinajstić information content (AvgIpc) is 2.96. The smallest absolute Gasteiger partial charge is 0.387 e. The summed E-state index contributed by atoms with van der Waals surface area (Å²) in [7, 11) is 2.91. The lowest BCUT2D eigenvalue weighted by molar-refractivity contribution is -0.0512. The first-order chi connectivity index (χ1) is 19.0. The number of ketones is 1. The number of carbonyl (C=O) groups is 1. The predicted molar refractivity (Wildman–Crippen MR) is 146 cm³/mol. The van der Waals surface area contributed by atoms with E-state index in [0.29, 0.717) is 5.75 Å². The zero-order valence-electron chi connectivity index (χ0n) is 21.6. The zero-order valence-corrected chi connectivity index (χ0v) is 21.6. The van der Waals surface area contributed by atoms with E-state index in [1.54, 1.807) is 13.2 Å². The van der Waals surface area contributed by atoms with Gasteiger partial charge in [-0.15, -0.1) is 0 Å². The monoisotopic (exact) mass is 530 g/mol. The number of rotatable bonds is 12. The summed E-state index contributed by atoms with van der Waals surface area (Å²) in [5.41, 5.74) is 4.12. The van der Waals surface area contributed by atoms with Gasteiger partial charge < -0.3 is 18.9 Å². The van der Waals surface area contributed by atoms with Gasteiger partial charge in [-0.25, -0.2) is 0 Å². The number of hydrogen-bond acceptors (Lipinski definition) is 5. The lowest BCUT2D eigenvalue weighted by Gasteiger charge is -2.14. The van der Waals surface area contributed by atoms with E-state index in [0.717, 1.165) is 28.9 Å². The van der Waals surface area contributed by atoms with Crippen LogP contribution < -0.4 is 18.9 Å². The van der Waals surface area contributed by atoms with Gasteiger partial charge in [-0.1, -0.05) is 60.7 Å². The van der Waals surface area contributed by atoms with E-state index in [1.165, 1.54) is 36.9 Å². The van der Waals surface area contributed by atoms with Gasteiger partial charge in [0.2, 0.25) is 0 Å². The molecule has 39 heavy (non-hydrogen) atoms. The molecule has 0 amide bonds. The summed E-state index contributed by atoms with van der Waals surface area (Å²) in [6, 6.07) is 27.7. The Balaban J connectivity index is 1.48. The molecule has 0 spiro atoms. The van der Waals surface area contributed by atoms with Gasteiger partial charge in [0.15, 0.2) is 17.3 Å². The lowest BCUT2D eigenvalue weighted by Crippen LogP contribution is -2.04. The van der Waals surface area contributed by atoms with Crippen molar-refractivity contribution in [3.05, 3.63) is 125 Å². The summed E-state index contributed by atoms with van der Waals surface area (Å²) < 4.78 is 46.4. The molecule has 0 heterocycles. The topological polar surface area (TPSA) is 54.0 Å². The quantitative estimate of drug-likeness (QED) is 0.141. The number of ether oxygens (including phenoxy) is 4. The Morgan fingerprint density at radius 3 is 2.23 bits per heavy atom. The van der Waals surface area contributed by atoms with Crippen LogP contribution in [0.4, 0.5) is 8.78 Å². The van der Waals surface area contributed by atoms with Crippen LogP contribution in [-0.2, 0) is 13.0 Å². The summed E-state index contributed by atoms with van der Waals surface area (Å²) in [6.07, 6.45) is 3.83. The van der Waals surface area contributed by atoms with Crippen molar-refractivity contribution in [1.82, 2.24) is 0 Å². The van der Waals surface area contributed by atoms with Crippen molar-refractivity contribution >= 4 is 11.9 Å². The van der Waals surface area contributed by atoms with Gasteiger partial charge in [0.25, 0.3) is 0 Å². The Kier molecular flexibility index (Phi) is 9.29. The van der Waals surface area contributed by atoms with Crippen LogP contribution in [0.3, 0.4) is 0 Å². The summed E-state index contributed by atoms with van der Waals surface area (Å²) in [6.45, 7) is -2.72. The van der Waals surface area contributed by atoms with E-state index in [2.05, 4.69) is 16.9 Å². The highest BCUT2D eigenvalue weighted by molar-refractivity contribution is 6.07. The van der Waals surface area contributed by atoms with E-state index >= 15 is 0 Å². The number of methoxy groups -OCH3 is 2. The van der Waals surface area contributed by atoms with Gasteiger partial charge >= 0.3 is 6.61 Å². The van der Waals surface area contributed by atoms with Crippen molar-refractivity contribution in [1.29, 1.82) is 0 Å². The second-order valence-electron chi connectivity index (χ2n) is 8.57. The maximum absolute atomic E-state index is 12.7. The minimum absolute atomic E-state index is 0.0472. The number of carbonyl (C=O) groups excluding carboxylic acids is 1. The van der Waals surface area contributed by atoms with Crippen LogP contribution in [0.25, 0.3) is 6.08 Å². The molecule has 0 bridgehead atoms. The third kappa shape index (κ3) is 7.45. The van der Waals surface area contributed by atoms with Crippen molar-refractivity contribution in [2.24, 2.45) is 0 Å². The molecular formula is C32H28F2O5. The van der Waals surface area contributed by atoms with Crippen LogP contribution in [0, 0.1) is 0 Å². The Morgan fingerprint density at radius 1 is 0.769 bits per heavy atom. The van der Waals surface area contributed by atoms with Crippen molar-refractivity contribution in [2.45, 2.75) is 19.6 Å². The molecule has 0 saturated carbocycles. The average molecular weight is 531 g/mol. The summed E-state index contributed by atoms with van der Waals surface area (Å²) in [4.78, 5) is 12.7. The fraction of sp³-hybridized carbons (Fsp3) is 0.156. The molecule has 0 radical (unpaired) electrons. The van der Waals surface area contributed by atoms with Crippen LogP contribution in [-0.4, -0.2) is 26.6 Å². The SMILES string of the molecule is COc1ccc(/C=C/C(=O)c2ccc(OC(F)F)c(OC)c2)cc1COc1ccccc1Cc1ccccc1. The Morgan fingerprint density at radius 2 is 1.49 bits per heavy atom. The van der Waals surface area contributed by atoms with E-state index in [9.17, 15) is 13.6 Å². The Bertz CT molecular complexity index is 1430. The number of benzene rings is 4. The first-order valence-corrected chi connectivity index (χ1v) is 12.2. The predicted octanol–water partition coefficient (Wildman–Crippen LogP) is 7.37. The fourth-order valence-electron chi connectivity index (χ4n) is 4.06. The summed E-state index contributed by atoms with van der Waals surface area (Å²) in [5, 5.41) is 0. The molecule has 0 N–H and O–H groups in total. The molecule has 200 valence electrons. The van der Waals surface area contributed by atoms with Gasteiger partial charge in [-0.05, 0) is 59.2 Å². The fourth-order valence-corrected chi connectivity index (χ4v) is 4.06. The third-order valence-corrected chi connectivity index (χ3v) is 5.99. The molecular weight excluding hydrogens is 502 g/mol. The standard InChI is InChI=1S/C32H28F2O5/c1-36-28-16-13-23(12-15-27(35)24-14-17-30(39-32(33)34)31(20-24)37-2)19-26(28)21-38-29-11-7-6-10-25(29)18-22-8-4-3-5-9-22/h3-17,19-20,32H,18,21H2,1-2H3/b15-12+. The van der Waals surface area contributed by atoms with E-state index in [-0.39, 0.29) is 29.5 Å². The van der Waals surface area contributed by atoms with Crippen LogP contribution in [0.5, 0.6) is 23.0 Å². The molecule has 5 nitrogen and oxygen atoms in total. The molecule has 7 heteroatoms. The molecule has 0 atom stereocenters. The first-order valence-electron chi connectivity index (χ1n) is 12.2. The number of allylic oxidation sites excluding steroid dienone is 1. The largest absolute Gasteiger partial charge is 0.496 e. The minimum Gasteiger partial charge on any atom is -0.496 e. The Hall–Kier alpha value is -4.65. The van der Waals surface area contributed by atoms with Gasteiger partial charge in [0, 0.05) is 17.5 Å². The molecule has 4 aromatic rings. The highest BCUT2D eigenvalue weighted by Gasteiger charge is 2.13. The van der Waals surface area contributed by atoms with Gasteiger partial charge in [-0.3, -0.25) is 4.79 Å². The number of para-hydroxylation sites is 1. The van der Waals surface area contributed by atoms with Crippen LogP contribution in [0.1, 0.15) is 32.6 Å². The van der Waals surface area contributed by atoms with E-state index in [4.69, 9.17) is 14.2 Å². The van der Waals surface area contributed by atoms with Crippen LogP contribution in [0.2, 0.25) is 0 Å². The highest BCUT2D eigenvalue weighted by Crippen LogP contribution is 2.30. The minimum atomic E-state index is -2.99. The van der Waals surface area contributed by atoms with Crippen molar-refractivity contribution < 1.29 is 32.5 Å². The normalized spacial score (nSPS) is 11.0. The van der Waals surface area contributed by atoms with Crippen molar-refractivity contribution in [3.63, 3.8) is 0 Å².